The van der Waals surface area contributed by atoms with Gasteiger partial charge in [0.2, 0.25) is 0 Å². The second-order valence-electron chi connectivity index (χ2n) is 6.58. The van der Waals surface area contributed by atoms with E-state index in [4.69, 9.17) is 15.6 Å². The van der Waals surface area contributed by atoms with Gasteiger partial charge in [0.15, 0.2) is 5.69 Å². The molecule has 0 radical (unpaired) electrons. The van der Waals surface area contributed by atoms with Crippen molar-refractivity contribution in [3.05, 3.63) is 35.7 Å². The molecule has 3 rings (SSSR count). The average molecular weight is 345 g/mol. The molecule has 0 fully saturated rings. The van der Waals surface area contributed by atoms with Crippen LogP contribution in [0.4, 0.5) is 5.69 Å². The molecular formula is C16H19N5O4. The first-order valence-electron chi connectivity index (χ1n) is 7.75. The number of aromatic nitrogens is 3. The molecule has 0 aliphatic carbocycles. The first-order chi connectivity index (χ1) is 11.7. The Morgan fingerprint density at radius 3 is 2.96 bits per heavy atom. The number of nitrogens with one attached hydrogen (secondary N) is 1. The minimum absolute atomic E-state index is 0.0519. The molecule has 0 bridgehead atoms. The lowest BCUT2D eigenvalue weighted by molar-refractivity contribution is -0.137. The third-order valence-corrected chi connectivity index (χ3v) is 3.87. The number of amides is 1. The highest BCUT2D eigenvalue weighted by molar-refractivity contribution is 5.92. The van der Waals surface area contributed by atoms with Crippen LogP contribution in [-0.2, 0) is 11.3 Å². The van der Waals surface area contributed by atoms with Gasteiger partial charge >= 0.3 is 5.97 Å². The molecule has 1 aliphatic rings. The zero-order chi connectivity index (χ0) is 18.2. The van der Waals surface area contributed by atoms with Crippen molar-refractivity contribution in [2.45, 2.75) is 38.5 Å². The Bertz CT molecular complexity index is 830. The Labute approximate surface area is 143 Å². The zero-order valence-electron chi connectivity index (χ0n) is 13.9. The molecule has 1 atom stereocenters. The van der Waals surface area contributed by atoms with Gasteiger partial charge in [-0.25, -0.2) is 4.68 Å². The van der Waals surface area contributed by atoms with Crippen molar-refractivity contribution in [3.8, 4) is 5.75 Å². The third-order valence-electron chi connectivity index (χ3n) is 3.87. The van der Waals surface area contributed by atoms with Crippen LogP contribution in [0.15, 0.2) is 24.4 Å². The van der Waals surface area contributed by atoms with E-state index in [0.717, 1.165) is 10.2 Å². The number of nitrogen functional groups attached to an aromatic ring is 1. The Morgan fingerprint density at radius 1 is 1.48 bits per heavy atom. The van der Waals surface area contributed by atoms with E-state index in [1.807, 2.05) is 13.8 Å². The van der Waals surface area contributed by atoms with Gasteiger partial charge in [0, 0.05) is 17.7 Å². The standard InChI is InChI=1S/C16H19N5O4/c1-16(2)6-11(10-5-9(17)3-4-13(10)25-16)18-15(24)12-7-21(20-19-12)8-14(22)23/h3-5,7,11H,6,8,17H2,1-2H3,(H,18,24)(H,22,23). The summed E-state index contributed by atoms with van der Waals surface area (Å²) >= 11 is 0. The van der Waals surface area contributed by atoms with Crippen LogP contribution in [-0.4, -0.2) is 37.6 Å². The maximum atomic E-state index is 12.5. The van der Waals surface area contributed by atoms with E-state index in [-0.39, 0.29) is 18.3 Å². The number of nitrogens with zero attached hydrogens (tertiary/aromatic N) is 3. The molecule has 25 heavy (non-hydrogen) atoms. The summed E-state index contributed by atoms with van der Waals surface area (Å²) in [7, 11) is 0. The number of nitrogens with two attached hydrogens (primary N) is 1. The minimum atomic E-state index is -1.06. The maximum Gasteiger partial charge on any atom is 0.325 e. The number of carboxylic acid groups (broad SMARTS) is 1. The van der Waals surface area contributed by atoms with Gasteiger partial charge in [-0.3, -0.25) is 9.59 Å². The smallest absolute Gasteiger partial charge is 0.325 e. The van der Waals surface area contributed by atoms with Gasteiger partial charge in [-0.15, -0.1) is 5.10 Å². The van der Waals surface area contributed by atoms with Crippen LogP contribution in [0.1, 0.15) is 42.4 Å². The average Bonchev–Trinajstić information content (AvgIpc) is 2.95. The van der Waals surface area contributed by atoms with Crippen LogP contribution in [0.5, 0.6) is 5.75 Å². The number of rotatable bonds is 4. The maximum absolute atomic E-state index is 12.5. The molecule has 1 aromatic heterocycles. The van der Waals surface area contributed by atoms with E-state index in [1.54, 1.807) is 18.2 Å². The number of benzene rings is 1. The van der Waals surface area contributed by atoms with Gasteiger partial charge in [0.05, 0.1) is 12.2 Å². The molecule has 1 unspecified atom stereocenters. The van der Waals surface area contributed by atoms with Gasteiger partial charge in [-0.1, -0.05) is 5.21 Å². The molecule has 0 spiro atoms. The van der Waals surface area contributed by atoms with Crippen molar-refractivity contribution in [1.29, 1.82) is 0 Å². The number of carbonyl (C=O) groups excluding carboxylic acids is 1. The lowest BCUT2D eigenvalue weighted by Gasteiger charge is -2.37. The van der Waals surface area contributed by atoms with Gasteiger partial charge in [0.25, 0.3) is 5.91 Å². The fourth-order valence-corrected chi connectivity index (χ4v) is 2.85. The number of hydrogen-bond acceptors (Lipinski definition) is 6. The highest BCUT2D eigenvalue weighted by Crippen LogP contribution is 2.40. The second kappa shape index (κ2) is 6.08. The lowest BCUT2D eigenvalue weighted by Crippen LogP contribution is -2.41. The fraction of sp³-hybridized carbons (Fsp3) is 0.375. The van der Waals surface area contributed by atoms with Crippen LogP contribution >= 0.6 is 0 Å². The van der Waals surface area contributed by atoms with Crippen molar-refractivity contribution < 1.29 is 19.4 Å². The molecule has 9 heteroatoms. The van der Waals surface area contributed by atoms with Crippen LogP contribution < -0.4 is 15.8 Å². The van der Waals surface area contributed by atoms with E-state index in [2.05, 4.69) is 15.6 Å². The predicted molar refractivity (Wildman–Crippen MR) is 88.0 cm³/mol. The van der Waals surface area contributed by atoms with Gasteiger partial charge < -0.3 is 20.9 Å². The molecule has 0 saturated heterocycles. The fourth-order valence-electron chi connectivity index (χ4n) is 2.85. The normalized spacial score (nSPS) is 18.1. The Balaban J connectivity index is 1.82. The van der Waals surface area contributed by atoms with Crippen LogP contribution in [0.2, 0.25) is 0 Å². The molecule has 2 heterocycles. The number of aliphatic carboxylic acids is 1. The predicted octanol–water partition coefficient (Wildman–Crippen LogP) is 0.977. The largest absolute Gasteiger partial charge is 0.487 e. The Hall–Kier alpha value is -3.10. The van der Waals surface area contributed by atoms with Crippen LogP contribution in [0.25, 0.3) is 0 Å². The summed E-state index contributed by atoms with van der Waals surface area (Å²) in [5, 5.41) is 19.0. The molecule has 1 aliphatic heterocycles. The number of fused-ring (bicyclic) bond motifs is 1. The van der Waals surface area contributed by atoms with Crippen LogP contribution in [0.3, 0.4) is 0 Å². The summed E-state index contributed by atoms with van der Waals surface area (Å²) in [5.41, 5.74) is 6.82. The highest BCUT2D eigenvalue weighted by Gasteiger charge is 2.35. The molecule has 1 amide bonds. The van der Waals surface area contributed by atoms with Gasteiger partial charge in [-0.2, -0.15) is 0 Å². The van der Waals surface area contributed by atoms with E-state index in [0.29, 0.717) is 17.9 Å². The summed E-state index contributed by atoms with van der Waals surface area (Å²) in [5.74, 6) is -0.828. The molecular weight excluding hydrogens is 326 g/mol. The summed E-state index contributed by atoms with van der Waals surface area (Å²) in [6, 6.07) is 5.00. The minimum Gasteiger partial charge on any atom is -0.487 e. The quantitative estimate of drug-likeness (QED) is 0.703. The Kier molecular flexibility index (Phi) is 4.07. The topological polar surface area (TPSA) is 132 Å². The SMILES string of the molecule is CC1(C)CC(NC(=O)c2cn(CC(=O)O)nn2)c2cc(N)ccc2O1. The van der Waals surface area contributed by atoms with E-state index < -0.39 is 17.5 Å². The molecule has 9 nitrogen and oxygen atoms in total. The van der Waals surface area contributed by atoms with Gasteiger partial charge in [0.1, 0.15) is 17.9 Å². The van der Waals surface area contributed by atoms with E-state index >= 15 is 0 Å². The van der Waals surface area contributed by atoms with E-state index in [9.17, 15) is 9.59 Å². The summed E-state index contributed by atoms with van der Waals surface area (Å²) in [6.07, 6.45) is 1.85. The Morgan fingerprint density at radius 2 is 2.24 bits per heavy atom. The zero-order valence-corrected chi connectivity index (χ0v) is 13.9. The van der Waals surface area contributed by atoms with Crippen molar-refractivity contribution in [1.82, 2.24) is 20.3 Å². The number of hydrogen-bond donors (Lipinski definition) is 3. The van der Waals surface area contributed by atoms with E-state index in [1.165, 1.54) is 6.20 Å². The van der Waals surface area contributed by atoms with Crippen LogP contribution in [0, 0.1) is 0 Å². The number of ether oxygens (including phenoxy) is 1. The first kappa shape index (κ1) is 16.7. The number of carbonyl (C=O) groups is 2. The van der Waals surface area contributed by atoms with Crippen molar-refractivity contribution in [2.24, 2.45) is 0 Å². The summed E-state index contributed by atoms with van der Waals surface area (Å²) < 4.78 is 7.03. The molecule has 132 valence electrons. The third kappa shape index (κ3) is 3.70. The number of anilines is 1. The van der Waals surface area contributed by atoms with Crippen molar-refractivity contribution in [2.75, 3.05) is 5.73 Å². The van der Waals surface area contributed by atoms with Crippen molar-refractivity contribution in [3.63, 3.8) is 0 Å². The van der Waals surface area contributed by atoms with Crippen molar-refractivity contribution >= 4 is 17.6 Å². The van der Waals surface area contributed by atoms with Gasteiger partial charge in [-0.05, 0) is 32.0 Å². The first-order valence-corrected chi connectivity index (χ1v) is 7.75. The lowest BCUT2D eigenvalue weighted by atomic mass is 9.89. The monoisotopic (exact) mass is 345 g/mol. The molecule has 4 N–H and O–H groups in total. The summed E-state index contributed by atoms with van der Waals surface area (Å²) in [6.45, 7) is 3.52. The number of carboxylic acids is 1. The molecule has 2 aromatic rings. The highest BCUT2D eigenvalue weighted by atomic mass is 16.5. The second-order valence-corrected chi connectivity index (χ2v) is 6.58. The molecule has 1 aromatic carbocycles. The summed E-state index contributed by atoms with van der Waals surface area (Å²) in [4.78, 5) is 23.2. The molecule has 0 saturated carbocycles.